The highest BCUT2D eigenvalue weighted by Gasteiger charge is 2.22. The molecule has 0 aromatic carbocycles. The van der Waals surface area contributed by atoms with Crippen molar-refractivity contribution in [2.75, 3.05) is 13.2 Å². The van der Waals surface area contributed by atoms with Crippen LogP contribution in [0.5, 0.6) is 0 Å². The first kappa shape index (κ1) is 9.99. The number of hydrogen-bond acceptors (Lipinski definition) is 3. The topological polar surface area (TPSA) is 38.7 Å². The SMILES string of the molecule is OC(CC1CCCO1)C1=COCCC1. The molecule has 0 aromatic heterocycles. The standard InChI is InChI=1S/C11H18O3/c12-11(7-10-4-2-6-14-10)9-3-1-5-13-8-9/h8,10-12H,1-7H2. The summed E-state index contributed by atoms with van der Waals surface area (Å²) in [5, 5.41) is 9.91. The van der Waals surface area contributed by atoms with E-state index in [-0.39, 0.29) is 12.2 Å². The second-order valence-electron chi connectivity index (χ2n) is 4.05. The highest BCUT2D eigenvalue weighted by Crippen LogP contribution is 2.23. The van der Waals surface area contributed by atoms with Crippen molar-refractivity contribution in [1.29, 1.82) is 0 Å². The summed E-state index contributed by atoms with van der Waals surface area (Å²) in [5.74, 6) is 0. The van der Waals surface area contributed by atoms with Crippen molar-refractivity contribution in [3.05, 3.63) is 11.8 Å². The second kappa shape index (κ2) is 4.80. The summed E-state index contributed by atoms with van der Waals surface area (Å²) in [6.07, 6.45) is 6.56. The molecule has 1 saturated heterocycles. The van der Waals surface area contributed by atoms with Gasteiger partial charge in [0, 0.05) is 13.0 Å². The highest BCUT2D eigenvalue weighted by molar-refractivity contribution is 5.07. The van der Waals surface area contributed by atoms with Gasteiger partial charge in [-0.25, -0.2) is 0 Å². The van der Waals surface area contributed by atoms with Gasteiger partial charge in [0.1, 0.15) is 0 Å². The van der Waals surface area contributed by atoms with Crippen LogP contribution in [-0.2, 0) is 9.47 Å². The molecule has 0 saturated carbocycles. The minimum atomic E-state index is -0.363. The first-order chi connectivity index (χ1) is 6.86. The van der Waals surface area contributed by atoms with Crippen molar-refractivity contribution in [1.82, 2.24) is 0 Å². The third kappa shape index (κ3) is 2.49. The monoisotopic (exact) mass is 198 g/mol. The zero-order valence-electron chi connectivity index (χ0n) is 8.45. The average molecular weight is 198 g/mol. The molecule has 0 radical (unpaired) electrons. The molecule has 1 N–H and O–H groups in total. The molecule has 2 aliphatic rings. The summed E-state index contributed by atoms with van der Waals surface area (Å²) in [4.78, 5) is 0. The smallest absolute Gasteiger partial charge is 0.0876 e. The van der Waals surface area contributed by atoms with E-state index in [2.05, 4.69) is 0 Å². The van der Waals surface area contributed by atoms with Crippen LogP contribution in [0.2, 0.25) is 0 Å². The van der Waals surface area contributed by atoms with Gasteiger partial charge in [0.05, 0.1) is 25.1 Å². The van der Waals surface area contributed by atoms with Crippen LogP contribution in [0.3, 0.4) is 0 Å². The van der Waals surface area contributed by atoms with Gasteiger partial charge in [-0.3, -0.25) is 0 Å². The Kier molecular flexibility index (Phi) is 3.43. The zero-order chi connectivity index (χ0) is 9.80. The maximum absolute atomic E-state index is 9.91. The Morgan fingerprint density at radius 3 is 3.00 bits per heavy atom. The molecule has 2 rings (SSSR count). The first-order valence-corrected chi connectivity index (χ1v) is 5.46. The fourth-order valence-corrected chi connectivity index (χ4v) is 2.06. The van der Waals surface area contributed by atoms with Gasteiger partial charge in [0.25, 0.3) is 0 Å². The van der Waals surface area contributed by atoms with E-state index in [9.17, 15) is 5.11 Å². The van der Waals surface area contributed by atoms with Gasteiger partial charge in [-0.05, 0) is 31.3 Å². The zero-order valence-corrected chi connectivity index (χ0v) is 8.45. The van der Waals surface area contributed by atoms with E-state index in [0.29, 0.717) is 0 Å². The van der Waals surface area contributed by atoms with Gasteiger partial charge in [0.15, 0.2) is 0 Å². The van der Waals surface area contributed by atoms with E-state index in [4.69, 9.17) is 9.47 Å². The second-order valence-corrected chi connectivity index (χ2v) is 4.05. The largest absolute Gasteiger partial charge is 0.501 e. The Balaban J connectivity index is 1.81. The molecule has 2 aliphatic heterocycles. The molecule has 14 heavy (non-hydrogen) atoms. The predicted octanol–water partition coefficient (Wildman–Crippen LogP) is 1.61. The Morgan fingerprint density at radius 1 is 1.43 bits per heavy atom. The van der Waals surface area contributed by atoms with Gasteiger partial charge in [-0.2, -0.15) is 0 Å². The van der Waals surface area contributed by atoms with Crippen LogP contribution in [0.15, 0.2) is 11.8 Å². The van der Waals surface area contributed by atoms with Crippen LogP contribution >= 0.6 is 0 Å². The molecule has 0 spiro atoms. The predicted molar refractivity (Wildman–Crippen MR) is 52.9 cm³/mol. The molecular weight excluding hydrogens is 180 g/mol. The Bertz CT molecular complexity index is 207. The molecule has 0 aliphatic carbocycles. The molecule has 3 nitrogen and oxygen atoms in total. The van der Waals surface area contributed by atoms with Gasteiger partial charge in [-0.15, -0.1) is 0 Å². The Morgan fingerprint density at radius 2 is 2.36 bits per heavy atom. The van der Waals surface area contributed by atoms with Crippen molar-refractivity contribution in [2.24, 2.45) is 0 Å². The van der Waals surface area contributed by atoms with E-state index in [1.807, 2.05) is 0 Å². The van der Waals surface area contributed by atoms with Gasteiger partial charge in [0.2, 0.25) is 0 Å². The van der Waals surface area contributed by atoms with Crippen LogP contribution in [0.1, 0.15) is 32.1 Å². The third-order valence-corrected chi connectivity index (χ3v) is 2.90. The van der Waals surface area contributed by atoms with Crippen molar-refractivity contribution in [3.8, 4) is 0 Å². The molecule has 1 fully saturated rings. The molecule has 0 amide bonds. The number of hydrogen-bond donors (Lipinski definition) is 1. The lowest BCUT2D eigenvalue weighted by molar-refractivity contribution is 0.0612. The van der Waals surface area contributed by atoms with E-state index in [1.54, 1.807) is 6.26 Å². The summed E-state index contributed by atoms with van der Waals surface area (Å²) in [5.41, 5.74) is 1.03. The lowest BCUT2D eigenvalue weighted by Gasteiger charge is -2.21. The first-order valence-electron chi connectivity index (χ1n) is 5.46. The maximum Gasteiger partial charge on any atom is 0.0876 e. The van der Waals surface area contributed by atoms with Crippen LogP contribution in [-0.4, -0.2) is 30.5 Å². The fourth-order valence-electron chi connectivity index (χ4n) is 2.06. The summed E-state index contributed by atoms with van der Waals surface area (Å²) in [6, 6.07) is 0. The van der Waals surface area contributed by atoms with Crippen molar-refractivity contribution < 1.29 is 14.6 Å². The molecule has 80 valence electrons. The van der Waals surface area contributed by atoms with Crippen LogP contribution in [0.25, 0.3) is 0 Å². The molecule has 2 unspecified atom stereocenters. The number of rotatable bonds is 3. The quantitative estimate of drug-likeness (QED) is 0.748. The molecule has 0 aromatic rings. The van der Waals surface area contributed by atoms with Crippen LogP contribution in [0.4, 0.5) is 0 Å². The normalized spacial score (nSPS) is 29.5. The average Bonchev–Trinajstić information content (AvgIpc) is 2.72. The summed E-state index contributed by atoms with van der Waals surface area (Å²) < 4.78 is 10.7. The Hall–Kier alpha value is -0.540. The maximum atomic E-state index is 9.91. The molecule has 2 atom stereocenters. The van der Waals surface area contributed by atoms with Crippen LogP contribution in [0, 0.1) is 0 Å². The number of aliphatic hydroxyl groups excluding tert-OH is 1. The van der Waals surface area contributed by atoms with E-state index < -0.39 is 0 Å². The molecule has 2 heterocycles. The molecule has 3 heteroatoms. The van der Waals surface area contributed by atoms with Gasteiger partial charge >= 0.3 is 0 Å². The third-order valence-electron chi connectivity index (χ3n) is 2.90. The number of aliphatic hydroxyl groups is 1. The summed E-state index contributed by atoms with van der Waals surface area (Å²) >= 11 is 0. The van der Waals surface area contributed by atoms with Gasteiger partial charge < -0.3 is 14.6 Å². The lowest BCUT2D eigenvalue weighted by Crippen LogP contribution is -2.21. The van der Waals surface area contributed by atoms with Crippen LogP contribution < -0.4 is 0 Å². The minimum absolute atomic E-state index is 0.257. The lowest BCUT2D eigenvalue weighted by atomic mass is 9.98. The van der Waals surface area contributed by atoms with E-state index >= 15 is 0 Å². The Labute approximate surface area is 84.7 Å². The summed E-state index contributed by atoms with van der Waals surface area (Å²) in [7, 11) is 0. The van der Waals surface area contributed by atoms with Crippen molar-refractivity contribution >= 4 is 0 Å². The molecule has 0 bridgehead atoms. The summed E-state index contributed by atoms with van der Waals surface area (Å²) in [6.45, 7) is 1.64. The number of ether oxygens (including phenoxy) is 2. The van der Waals surface area contributed by atoms with E-state index in [0.717, 1.165) is 50.9 Å². The van der Waals surface area contributed by atoms with Crippen molar-refractivity contribution in [3.63, 3.8) is 0 Å². The minimum Gasteiger partial charge on any atom is -0.501 e. The van der Waals surface area contributed by atoms with Crippen molar-refractivity contribution in [2.45, 2.75) is 44.3 Å². The highest BCUT2D eigenvalue weighted by atomic mass is 16.5. The van der Waals surface area contributed by atoms with E-state index in [1.165, 1.54) is 0 Å². The van der Waals surface area contributed by atoms with Gasteiger partial charge in [-0.1, -0.05) is 0 Å². The fraction of sp³-hybridized carbons (Fsp3) is 0.818. The molecular formula is C11H18O3.